The Labute approximate surface area is 155 Å². The number of allylic oxidation sites excluding steroid dienone is 2. The number of rotatable bonds is 4. The van der Waals surface area contributed by atoms with Crippen LogP contribution in [0.25, 0.3) is 0 Å². The van der Waals surface area contributed by atoms with E-state index in [2.05, 4.69) is 11.9 Å². The van der Waals surface area contributed by atoms with Gasteiger partial charge in [-0.25, -0.2) is 0 Å². The summed E-state index contributed by atoms with van der Waals surface area (Å²) in [6.45, 7) is 5.76. The Balaban J connectivity index is 2.19. The fourth-order valence-corrected chi connectivity index (χ4v) is 3.74. The Bertz CT molecular complexity index is 873. The van der Waals surface area contributed by atoms with Crippen molar-refractivity contribution in [1.82, 2.24) is 5.32 Å². The number of nitro groups is 1. The number of ether oxygens (including phenoxy) is 1. The molecule has 0 fully saturated rings. The summed E-state index contributed by atoms with van der Waals surface area (Å²) < 4.78 is 5.16. The summed E-state index contributed by atoms with van der Waals surface area (Å²) >= 11 is 0. The number of benzene rings is 1. The molecule has 1 heterocycles. The molecule has 8 nitrogen and oxygen atoms in total. The van der Waals surface area contributed by atoms with Gasteiger partial charge < -0.3 is 15.2 Å². The monoisotopic (exact) mass is 372 g/mol. The molecule has 8 heteroatoms. The normalized spacial score (nSPS) is 22.1. The number of phenolic OH excluding ortho intramolecular Hbond substituents is 1. The molecule has 0 radical (unpaired) electrons. The standard InChI is InChI=1S/C19H20N2O6/c1-3-27-19(24)16-10(2)20-12-5-4-6-15(23)18(12)17(16)11-7-8-14(22)13(9-11)21(25)26/h7-9,16-17,20,22H,2-6H2,1H3. The van der Waals surface area contributed by atoms with Gasteiger partial charge in [-0.15, -0.1) is 0 Å². The minimum absolute atomic E-state index is 0.105. The Kier molecular flexibility index (Phi) is 4.98. The zero-order valence-electron chi connectivity index (χ0n) is 14.9. The topological polar surface area (TPSA) is 119 Å². The van der Waals surface area contributed by atoms with Gasteiger partial charge in [0.25, 0.3) is 0 Å². The van der Waals surface area contributed by atoms with Crippen LogP contribution in [0.15, 0.2) is 41.7 Å². The van der Waals surface area contributed by atoms with Crippen LogP contribution < -0.4 is 5.32 Å². The fourth-order valence-electron chi connectivity index (χ4n) is 3.74. The number of nitrogens with zero attached hydrogens (tertiary/aromatic N) is 1. The minimum atomic E-state index is -0.894. The average molecular weight is 372 g/mol. The van der Waals surface area contributed by atoms with Crippen molar-refractivity contribution in [1.29, 1.82) is 0 Å². The zero-order valence-corrected chi connectivity index (χ0v) is 14.9. The second-order valence-corrected chi connectivity index (χ2v) is 6.53. The van der Waals surface area contributed by atoms with Crippen LogP contribution in [0.5, 0.6) is 5.75 Å². The lowest BCUT2D eigenvalue weighted by Crippen LogP contribution is -2.41. The van der Waals surface area contributed by atoms with Crippen molar-refractivity contribution in [3.8, 4) is 5.75 Å². The highest BCUT2D eigenvalue weighted by Crippen LogP contribution is 2.45. The number of nitro benzene ring substituents is 1. The van der Waals surface area contributed by atoms with Gasteiger partial charge in [-0.2, -0.15) is 0 Å². The summed E-state index contributed by atoms with van der Waals surface area (Å²) in [5, 5.41) is 24.1. The summed E-state index contributed by atoms with van der Waals surface area (Å²) in [5.41, 5.74) is 1.43. The number of phenols is 1. The summed E-state index contributed by atoms with van der Waals surface area (Å²) in [7, 11) is 0. The van der Waals surface area contributed by atoms with Gasteiger partial charge in [-0.05, 0) is 31.4 Å². The quantitative estimate of drug-likeness (QED) is 0.474. The number of carbonyl (C=O) groups is 2. The van der Waals surface area contributed by atoms with E-state index in [1.54, 1.807) is 6.92 Å². The van der Waals surface area contributed by atoms with E-state index < -0.39 is 34.2 Å². The first kappa shape index (κ1) is 18.6. The molecule has 0 aromatic heterocycles. The molecule has 27 heavy (non-hydrogen) atoms. The molecule has 3 rings (SSSR count). The molecule has 0 amide bonds. The first-order valence-electron chi connectivity index (χ1n) is 8.71. The average Bonchev–Trinajstić information content (AvgIpc) is 2.61. The van der Waals surface area contributed by atoms with Crippen molar-refractivity contribution < 1.29 is 24.4 Å². The number of esters is 1. The van der Waals surface area contributed by atoms with Crippen LogP contribution in [0.3, 0.4) is 0 Å². The van der Waals surface area contributed by atoms with Crippen LogP contribution in [0, 0.1) is 16.0 Å². The molecule has 1 aliphatic carbocycles. The van der Waals surface area contributed by atoms with Crippen LogP contribution in [0.4, 0.5) is 5.69 Å². The van der Waals surface area contributed by atoms with E-state index >= 15 is 0 Å². The van der Waals surface area contributed by atoms with Gasteiger partial charge >= 0.3 is 11.7 Å². The number of aromatic hydroxyl groups is 1. The molecule has 0 saturated carbocycles. The molecule has 2 atom stereocenters. The maximum absolute atomic E-state index is 12.7. The minimum Gasteiger partial charge on any atom is -0.502 e. The lowest BCUT2D eigenvalue weighted by molar-refractivity contribution is -0.385. The number of carbonyl (C=O) groups excluding carboxylic acids is 2. The van der Waals surface area contributed by atoms with Gasteiger partial charge in [-0.1, -0.05) is 12.6 Å². The van der Waals surface area contributed by atoms with Crippen molar-refractivity contribution in [3.63, 3.8) is 0 Å². The van der Waals surface area contributed by atoms with Crippen LogP contribution in [0.1, 0.15) is 37.7 Å². The maximum atomic E-state index is 12.7. The van der Waals surface area contributed by atoms with Gasteiger partial charge in [0.2, 0.25) is 0 Å². The molecular weight excluding hydrogens is 352 g/mol. The molecule has 1 aliphatic heterocycles. The Morgan fingerprint density at radius 1 is 1.44 bits per heavy atom. The summed E-state index contributed by atoms with van der Waals surface area (Å²) in [6, 6.07) is 3.90. The molecule has 2 unspecified atom stereocenters. The molecular formula is C19H20N2O6. The smallest absolute Gasteiger partial charge is 0.315 e. The van der Waals surface area contributed by atoms with E-state index in [1.165, 1.54) is 18.2 Å². The van der Waals surface area contributed by atoms with Crippen molar-refractivity contribution in [2.24, 2.45) is 5.92 Å². The van der Waals surface area contributed by atoms with Crippen LogP contribution in [-0.4, -0.2) is 28.4 Å². The molecule has 2 N–H and O–H groups in total. The number of Topliss-reactive ketones (excluding diaryl/α,β-unsaturated/α-hetero) is 1. The molecule has 0 spiro atoms. The molecule has 1 aromatic carbocycles. The summed E-state index contributed by atoms with van der Waals surface area (Å²) in [4.78, 5) is 35.8. The maximum Gasteiger partial charge on any atom is 0.315 e. The third kappa shape index (κ3) is 3.30. The number of ketones is 1. The predicted octanol–water partition coefficient (Wildman–Crippen LogP) is 2.69. The summed E-state index contributed by atoms with van der Waals surface area (Å²) in [5.74, 6) is -2.78. The van der Waals surface area contributed by atoms with Crippen molar-refractivity contribution in [3.05, 3.63) is 57.4 Å². The highest BCUT2D eigenvalue weighted by atomic mass is 16.6. The highest BCUT2D eigenvalue weighted by molar-refractivity contribution is 6.00. The summed E-state index contributed by atoms with van der Waals surface area (Å²) in [6.07, 6.45) is 1.66. The van der Waals surface area contributed by atoms with Crippen LogP contribution in [-0.2, 0) is 14.3 Å². The molecule has 142 valence electrons. The number of hydrogen-bond donors (Lipinski definition) is 2. The SMILES string of the molecule is C=C1NC2=C(C(=O)CCC2)C(c2ccc(O)c([N+](=O)[O-])c2)C1C(=O)OCC. The van der Waals surface area contributed by atoms with Crippen molar-refractivity contribution in [2.45, 2.75) is 32.1 Å². The Morgan fingerprint density at radius 2 is 2.19 bits per heavy atom. The Hall–Kier alpha value is -3.16. The molecule has 2 aliphatic rings. The van der Waals surface area contributed by atoms with Gasteiger partial charge in [0, 0.05) is 35.4 Å². The van der Waals surface area contributed by atoms with Gasteiger partial charge in [-0.3, -0.25) is 19.7 Å². The lowest BCUT2D eigenvalue weighted by atomic mass is 9.71. The highest BCUT2D eigenvalue weighted by Gasteiger charge is 2.44. The fraction of sp³-hybridized carbons (Fsp3) is 0.368. The lowest BCUT2D eigenvalue weighted by Gasteiger charge is -2.38. The van der Waals surface area contributed by atoms with Crippen molar-refractivity contribution >= 4 is 17.4 Å². The van der Waals surface area contributed by atoms with Crippen LogP contribution in [0.2, 0.25) is 0 Å². The number of hydrogen-bond acceptors (Lipinski definition) is 7. The first-order chi connectivity index (χ1) is 12.8. The number of nitrogens with one attached hydrogen (secondary N) is 1. The van der Waals surface area contributed by atoms with Crippen LogP contribution >= 0.6 is 0 Å². The van der Waals surface area contributed by atoms with Gasteiger partial charge in [0.05, 0.1) is 11.5 Å². The predicted molar refractivity (Wildman–Crippen MR) is 95.8 cm³/mol. The second-order valence-electron chi connectivity index (χ2n) is 6.53. The molecule has 1 aromatic rings. The second kappa shape index (κ2) is 7.22. The zero-order chi connectivity index (χ0) is 19.7. The van der Waals surface area contributed by atoms with Gasteiger partial charge in [0.1, 0.15) is 5.92 Å². The Morgan fingerprint density at radius 3 is 2.85 bits per heavy atom. The van der Waals surface area contributed by atoms with Crippen molar-refractivity contribution in [2.75, 3.05) is 6.61 Å². The van der Waals surface area contributed by atoms with E-state index in [0.717, 1.165) is 0 Å². The molecule has 0 bridgehead atoms. The van der Waals surface area contributed by atoms with E-state index in [0.29, 0.717) is 41.8 Å². The first-order valence-corrected chi connectivity index (χ1v) is 8.71. The van der Waals surface area contributed by atoms with Gasteiger partial charge in [0.15, 0.2) is 11.5 Å². The molecule has 0 saturated heterocycles. The largest absolute Gasteiger partial charge is 0.502 e. The van der Waals surface area contributed by atoms with E-state index in [1.807, 2.05) is 0 Å². The third-order valence-corrected chi connectivity index (χ3v) is 4.88. The van der Waals surface area contributed by atoms with E-state index in [4.69, 9.17) is 4.74 Å². The van der Waals surface area contributed by atoms with E-state index in [9.17, 15) is 24.8 Å². The third-order valence-electron chi connectivity index (χ3n) is 4.88. The van der Waals surface area contributed by atoms with E-state index in [-0.39, 0.29) is 12.4 Å².